The Morgan fingerprint density at radius 1 is 1.24 bits per heavy atom. The number of nitrogens with zero attached hydrogens (tertiary/aromatic N) is 3. The molecular weight excluding hydrogens is 385 g/mol. The van der Waals surface area contributed by atoms with Crippen molar-refractivity contribution < 1.29 is 22.7 Å². The highest BCUT2D eigenvalue weighted by molar-refractivity contribution is 5.99. The van der Waals surface area contributed by atoms with Crippen molar-refractivity contribution in [3.63, 3.8) is 0 Å². The highest BCUT2D eigenvalue weighted by atomic mass is 19.4. The van der Waals surface area contributed by atoms with Crippen molar-refractivity contribution in [2.24, 2.45) is 0 Å². The number of methoxy groups -OCH3 is 1. The summed E-state index contributed by atoms with van der Waals surface area (Å²) >= 11 is 0. The molecule has 2 aromatic rings. The first-order valence-corrected chi connectivity index (χ1v) is 9.72. The fourth-order valence-electron chi connectivity index (χ4n) is 4.06. The Bertz CT molecular complexity index is 890. The van der Waals surface area contributed by atoms with Gasteiger partial charge in [-0.05, 0) is 37.0 Å². The highest BCUT2D eigenvalue weighted by Gasteiger charge is 2.47. The Morgan fingerprint density at radius 3 is 2.69 bits per heavy atom. The van der Waals surface area contributed by atoms with Crippen LogP contribution in [0.2, 0.25) is 0 Å². The number of hydrogen-bond acceptors (Lipinski definition) is 4. The third-order valence-corrected chi connectivity index (χ3v) is 5.61. The lowest BCUT2D eigenvalue weighted by Gasteiger charge is -2.34. The first-order chi connectivity index (χ1) is 13.9. The second-order valence-electron chi connectivity index (χ2n) is 7.47. The Morgan fingerprint density at radius 2 is 2.00 bits per heavy atom. The first-order valence-electron chi connectivity index (χ1n) is 9.72. The molecule has 0 spiro atoms. The van der Waals surface area contributed by atoms with Gasteiger partial charge in [-0.1, -0.05) is 12.1 Å². The lowest BCUT2D eigenvalue weighted by atomic mass is 9.96. The average molecular weight is 408 g/mol. The number of piperidine rings is 1. The fraction of sp³-hybridized carbons (Fsp3) is 0.500. The molecule has 29 heavy (non-hydrogen) atoms. The van der Waals surface area contributed by atoms with Gasteiger partial charge in [0.15, 0.2) is 6.04 Å². The third-order valence-electron chi connectivity index (χ3n) is 5.61. The Labute approximate surface area is 166 Å². The predicted octanol–water partition coefficient (Wildman–Crippen LogP) is 4.18. The van der Waals surface area contributed by atoms with Crippen molar-refractivity contribution in [1.29, 1.82) is 0 Å². The zero-order valence-electron chi connectivity index (χ0n) is 16.1. The molecule has 0 saturated carbocycles. The molecule has 1 amide bonds. The number of amides is 1. The maximum atomic E-state index is 13.8. The van der Waals surface area contributed by atoms with Gasteiger partial charge in [-0.2, -0.15) is 18.3 Å². The molecule has 0 bridgehead atoms. The maximum absolute atomic E-state index is 13.8. The van der Waals surface area contributed by atoms with E-state index in [1.54, 1.807) is 29.2 Å². The van der Waals surface area contributed by atoms with Crippen LogP contribution in [0.25, 0.3) is 0 Å². The number of likely N-dealkylation sites (tertiary alicyclic amines) is 1. The molecule has 4 rings (SSSR count). The summed E-state index contributed by atoms with van der Waals surface area (Å²) < 4.78 is 47.6. The van der Waals surface area contributed by atoms with Crippen LogP contribution in [0.15, 0.2) is 30.5 Å². The van der Waals surface area contributed by atoms with Gasteiger partial charge in [-0.15, -0.1) is 0 Å². The predicted molar refractivity (Wildman–Crippen MR) is 101 cm³/mol. The van der Waals surface area contributed by atoms with Crippen LogP contribution >= 0.6 is 0 Å². The van der Waals surface area contributed by atoms with Crippen molar-refractivity contribution in [2.75, 3.05) is 25.5 Å². The van der Waals surface area contributed by atoms with Gasteiger partial charge in [0.05, 0.1) is 19.3 Å². The molecule has 9 heteroatoms. The third kappa shape index (κ3) is 3.77. The number of hydrogen-bond donors (Lipinski definition) is 1. The van der Waals surface area contributed by atoms with Crippen molar-refractivity contribution >= 4 is 11.7 Å². The summed E-state index contributed by atoms with van der Waals surface area (Å²) in [6.45, 7) is 1.23. The standard InChI is InChI=1S/C20H23F3N4O2/c1-29-14-7-5-6-13(10-14)16-11-17(20(21,22)23)27-18(25-16)15(12-24-27)19(28)26-8-3-2-4-9-26/h5-7,10,12,16-17,25H,2-4,8-9,11H2,1H3/t16-,17-/m1/s1. The lowest BCUT2D eigenvalue weighted by molar-refractivity contribution is -0.173. The van der Waals surface area contributed by atoms with Crippen molar-refractivity contribution in [3.05, 3.63) is 41.6 Å². The van der Waals surface area contributed by atoms with E-state index >= 15 is 0 Å². The molecule has 156 valence electrons. The smallest absolute Gasteiger partial charge is 0.410 e. The SMILES string of the molecule is COc1cccc([C@H]2C[C@H](C(F)(F)F)n3ncc(C(=O)N4CCCCC4)c3N2)c1. The number of benzene rings is 1. The van der Waals surface area contributed by atoms with E-state index in [0.29, 0.717) is 24.4 Å². The van der Waals surface area contributed by atoms with E-state index in [4.69, 9.17) is 4.74 Å². The largest absolute Gasteiger partial charge is 0.497 e. The molecule has 1 fully saturated rings. The zero-order valence-corrected chi connectivity index (χ0v) is 16.1. The van der Waals surface area contributed by atoms with Crippen LogP contribution in [0.5, 0.6) is 5.75 Å². The molecule has 3 heterocycles. The van der Waals surface area contributed by atoms with E-state index in [0.717, 1.165) is 23.9 Å². The number of anilines is 1. The lowest BCUT2D eigenvalue weighted by Crippen LogP contribution is -2.38. The van der Waals surface area contributed by atoms with Crippen LogP contribution in [0, 0.1) is 0 Å². The van der Waals surface area contributed by atoms with Crippen molar-refractivity contribution in [2.45, 2.75) is 43.9 Å². The van der Waals surface area contributed by atoms with Gasteiger partial charge in [0.1, 0.15) is 17.1 Å². The van der Waals surface area contributed by atoms with Gasteiger partial charge in [-0.3, -0.25) is 4.79 Å². The maximum Gasteiger partial charge on any atom is 0.410 e. The molecule has 1 aromatic heterocycles. The summed E-state index contributed by atoms with van der Waals surface area (Å²) in [6.07, 6.45) is -0.581. The highest BCUT2D eigenvalue weighted by Crippen LogP contribution is 2.44. The van der Waals surface area contributed by atoms with E-state index in [1.807, 2.05) is 0 Å². The van der Waals surface area contributed by atoms with Crippen molar-refractivity contribution in [3.8, 4) is 5.75 Å². The van der Waals surface area contributed by atoms with Crippen LogP contribution in [-0.4, -0.2) is 47.0 Å². The topological polar surface area (TPSA) is 59.4 Å². The molecule has 1 saturated heterocycles. The fourth-order valence-corrected chi connectivity index (χ4v) is 4.06. The van der Waals surface area contributed by atoms with Gasteiger partial charge in [0.25, 0.3) is 5.91 Å². The molecule has 0 aliphatic carbocycles. The Kier molecular flexibility index (Phi) is 5.14. The van der Waals surface area contributed by atoms with E-state index in [-0.39, 0.29) is 23.7 Å². The molecule has 2 atom stereocenters. The van der Waals surface area contributed by atoms with E-state index in [9.17, 15) is 18.0 Å². The minimum atomic E-state index is -4.48. The summed E-state index contributed by atoms with van der Waals surface area (Å²) in [4.78, 5) is 14.7. The van der Waals surface area contributed by atoms with Gasteiger partial charge in [0, 0.05) is 19.5 Å². The molecule has 0 radical (unpaired) electrons. The van der Waals surface area contributed by atoms with Crippen LogP contribution in [0.1, 0.15) is 53.7 Å². The van der Waals surface area contributed by atoms with E-state index < -0.39 is 18.3 Å². The van der Waals surface area contributed by atoms with Gasteiger partial charge in [0.2, 0.25) is 0 Å². The van der Waals surface area contributed by atoms with E-state index in [2.05, 4.69) is 10.4 Å². The Hall–Kier alpha value is -2.71. The summed E-state index contributed by atoms with van der Waals surface area (Å²) in [5.74, 6) is 0.421. The van der Waals surface area contributed by atoms with Crippen LogP contribution in [-0.2, 0) is 0 Å². The number of fused-ring (bicyclic) bond motifs is 1. The quantitative estimate of drug-likeness (QED) is 0.828. The number of ether oxygens (including phenoxy) is 1. The van der Waals surface area contributed by atoms with Gasteiger partial charge >= 0.3 is 6.18 Å². The second kappa shape index (κ2) is 7.61. The molecule has 6 nitrogen and oxygen atoms in total. The number of carbonyl (C=O) groups is 1. The number of rotatable bonds is 3. The number of nitrogens with one attached hydrogen (secondary N) is 1. The second-order valence-corrected chi connectivity index (χ2v) is 7.47. The Balaban J connectivity index is 1.71. The number of halogens is 3. The minimum Gasteiger partial charge on any atom is -0.497 e. The van der Waals surface area contributed by atoms with Gasteiger partial charge < -0.3 is 15.0 Å². The summed E-state index contributed by atoms with van der Waals surface area (Å²) in [5, 5.41) is 7.08. The van der Waals surface area contributed by atoms with Crippen LogP contribution in [0.3, 0.4) is 0 Å². The number of alkyl halides is 3. The molecule has 2 aliphatic heterocycles. The molecule has 0 unspecified atom stereocenters. The summed E-state index contributed by atoms with van der Waals surface area (Å²) in [6, 6.07) is 4.52. The number of carbonyl (C=O) groups excluding carboxylic acids is 1. The van der Waals surface area contributed by atoms with Crippen LogP contribution in [0.4, 0.5) is 19.0 Å². The molecular formula is C20H23F3N4O2. The first kappa shape index (κ1) is 19.6. The van der Waals surface area contributed by atoms with Crippen molar-refractivity contribution in [1.82, 2.24) is 14.7 Å². The number of aromatic nitrogens is 2. The van der Waals surface area contributed by atoms with Gasteiger partial charge in [-0.25, -0.2) is 4.68 Å². The summed E-state index contributed by atoms with van der Waals surface area (Å²) in [7, 11) is 1.51. The minimum absolute atomic E-state index is 0.127. The van der Waals surface area contributed by atoms with Crippen LogP contribution < -0.4 is 10.1 Å². The van der Waals surface area contributed by atoms with E-state index in [1.165, 1.54) is 13.3 Å². The molecule has 1 N–H and O–H groups in total. The molecule has 1 aromatic carbocycles. The molecule has 2 aliphatic rings. The average Bonchev–Trinajstić information content (AvgIpc) is 3.16. The normalized spacial score (nSPS) is 22.0. The zero-order chi connectivity index (χ0) is 20.6. The monoisotopic (exact) mass is 408 g/mol. The summed E-state index contributed by atoms with van der Waals surface area (Å²) in [5.41, 5.74) is 0.858.